The molecule has 4 nitrogen and oxygen atoms in total. The summed E-state index contributed by atoms with van der Waals surface area (Å²) < 4.78 is 14.1. The summed E-state index contributed by atoms with van der Waals surface area (Å²) >= 11 is 3.37. The van der Waals surface area contributed by atoms with Crippen molar-refractivity contribution in [1.82, 2.24) is 10.2 Å². The first-order valence-corrected chi connectivity index (χ1v) is 9.81. The van der Waals surface area contributed by atoms with Crippen molar-refractivity contribution in [3.8, 4) is 0 Å². The molecule has 0 radical (unpaired) electrons. The summed E-state index contributed by atoms with van der Waals surface area (Å²) in [5.74, 6) is -0.733. The summed E-state index contributed by atoms with van der Waals surface area (Å²) in [6, 6.07) is 11.9. The van der Waals surface area contributed by atoms with E-state index in [0.29, 0.717) is 24.2 Å². The molecular weight excluding hydrogens is 411 g/mol. The summed E-state index contributed by atoms with van der Waals surface area (Å²) in [5.41, 5.74) is 2.43. The lowest BCUT2D eigenvalue weighted by Gasteiger charge is -2.32. The molecule has 6 heteroatoms. The molecule has 27 heavy (non-hydrogen) atoms. The summed E-state index contributed by atoms with van der Waals surface area (Å²) in [6.45, 7) is 3.29. The molecule has 1 N–H and O–H groups in total. The predicted molar refractivity (Wildman–Crippen MR) is 106 cm³/mol. The van der Waals surface area contributed by atoms with Crippen molar-refractivity contribution in [2.24, 2.45) is 5.92 Å². The maximum Gasteiger partial charge on any atom is 0.253 e. The predicted octanol–water partition coefficient (Wildman–Crippen LogP) is 4.07. The molecule has 2 aromatic rings. The van der Waals surface area contributed by atoms with Gasteiger partial charge in [-0.1, -0.05) is 33.6 Å². The average molecular weight is 433 g/mol. The van der Waals surface area contributed by atoms with Crippen LogP contribution in [0.15, 0.2) is 46.9 Å². The van der Waals surface area contributed by atoms with Crippen LogP contribution in [0.25, 0.3) is 0 Å². The average Bonchev–Trinajstić information content (AvgIpc) is 2.68. The molecule has 142 valence electrons. The molecule has 2 amide bonds. The van der Waals surface area contributed by atoms with E-state index in [0.717, 1.165) is 22.9 Å². The first-order chi connectivity index (χ1) is 12.9. The number of halogens is 2. The van der Waals surface area contributed by atoms with E-state index in [1.54, 1.807) is 11.0 Å². The zero-order valence-corrected chi connectivity index (χ0v) is 16.8. The van der Waals surface area contributed by atoms with Crippen molar-refractivity contribution in [3.05, 3.63) is 69.4 Å². The zero-order valence-electron chi connectivity index (χ0n) is 15.2. The molecule has 3 rings (SSSR count). The second kappa shape index (κ2) is 8.65. The standard InChI is InChI=1S/C21H22BrFN2O2/c1-14-4-6-15(7-5-14)21(27)25-10-2-3-16(13-25)20(26)24-12-17-11-18(23)8-9-19(17)22/h4-9,11,16H,2-3,10,12-13H2,1H3,(H,24,26). The minimum Gasteiger partial charge on any atom is -0.352 e. The van der Waals surface area contributed by atoms with Gasteiger partial charge in [-0.05, 0) is 55.7 Å². The second-order valence-corrected chi connectivity index (χ2v) is 7.76. The number of rotatable bonds is 4. The third kappa shape index (κ3) is 4.95. The summed E-state index contributed by atoms with van der Waals surface area (Å²) in [5, 5.41) is 2.87. The molecule has 0 bridgehead atoms. The fourth-order valence-electron chi connectivity index (χ4n) is 3.26. The lowest BCUT2D eigenvalue weighted by atomic mass is 9.96. The van der Waals surface area contributed by atoms with E-state index in [9.17, 15) is 14.0 Å². The number of nitrogens with zero attached hydrogens (tertiary/aromatic N) is 1. The van der Waals surface area contributed by atoms with Gasteiger partial charge in [-0.25, -0.2) is 4.39 Å². The van der Waals surface area contributed by atoms with Gasteiger partial charge < -0.3 is 10.2 Å². The highest BCUT2D eigenvalue weighted by atomic mass is 79.9. The Bertz CT molecular complexity index is 839. The normalized spacial score (nSPS) is 16.9. The molecule has 2 aromatic carbocycles. The molecule has 1 aliphatic heterocycles. The molecule has 1 saturated heterocycles. The van der Waals surface area contributed by atoms with Gasteiger partial charge in [-0.15, -0.1) is 0 Å². The maximum absolute atomic E-state index is 13.4. The van der Waals surface area contributed by atoms with E-state index in [2.05, 4.69) is 21.2 Å². The lowest BCUT2D eigenvalue weighted by molar-refractivity contribution is -0.126. The van der Waals surface area contributed by atoms with Gasteiger partial charge in [0, 0.05) is 29.7 Å². The Labute approximate surface area is 166 Å². The molecule has 1 atom stereocenters. The van der Waals surface area contributed by atoms with E-state index < -0.39 is 0 Å². The van der Waals surface area contributed by atoms with Gasteiger partial charge in [0.25, 0.3) is 5.91 Å². The van der Waals surface area contributed by atoms with Crippen molar-refractivity contribution < 1.29 is 14.0 Å². The smallest absolute Gasteiger partial charge is 0.253 e. The van der Waals surface area contributed by atoms with Gasteiger partial charge in [0.05, 0.1) is 5.92 Å². The van der Waals surface area contributed by atoms with Crippen LogP contribution < -0.4 is 5.32 Å². The Morgan fingerprint density at radius 1 is 1.22 bits per heavy atom. The number of benzene rings is 2. The number of carbonyl (C=O) groups excluding carboxylic acids is 2. The first kappa shape index (κ1) is 19.5. The Hall–Kier alpha value is -2.21. The van der Waals surface area contributed by atoms with E-state index in [4.69, 9.17) is 0 Å². The molecule has 1 unspecified atom stereocenters. The molecular formula is C21H22BrFN2O2. The van der Waals surface area contributed by atoms with Crippen molar-refractivity contribution >= 4 is 27.7 Å². The molecule has 1 aliphatic rings. The molecule has 0 saturated carbocycles. The van der Waals surface area contributed by atoms with Gasteiger partial charge in [-0.2, -0.15) is 0 Å². The van der Waals surface area contributed by atoms with Gasteiger partial charge in [0.2, 0.25) is 5.91 Å². The van der Waals surface area contributed by atoms with Crippen molar-refractivity contribution in [2.75, 3.05) is 13.1 Å². The summed E-state index contributed by atoms with van der Waals surface area (Å²) in [7, 11) is 0. The highest BCUT2D eigenvalue weighted by Gasteiger charge is 2.28. The molecule has 0 aliphatic carbocycles. The number of nitrogens with one attached hydrogen (secondary N) is 1. The van der Waals surface area contributed by atoms with Crippen molar-refractivity contribution in [3.63, 3.8) is 0 Å². The lowest BCUT2D eigenvalue weighted by Crippen LogP contribution is -2.45. The van der Waals surface area contributed by atoms with Crippen molar-refractivity contribution in [2.45, 2.75) is 26.3 Å². The number of piperidine rings is 1. The van der Waals surface area contributed by atoms with Crippen LogP contribution in [0.2, 0.25) is 0 Å². The van der Waals surface area contributed by atoms with Crippen molar-refractivity contribution in [1.29, 1.82) is 0 Å². The van der Waals surface area contributed by atoms with Gasteiger partial charge in [0.1, 0.15) is 5.82 Å². The van der Waals surface area contributed by atoms with Crippen LogP contribution in [0, 0.1) is 18.7 Å². The maximum atomic E-state index is 13.4. The fourth-order valence-corrected chi connectivity index (χ4v) is 3.65. The SMILES string of the molecule is Cc1ccc(C(=O)N2CCCC(C(=O)NCc3cc(F)ccc3Br)C2)cc1. The number of likely N-dealkylation sites (tertiary alicyclic amines) is 1. The van der Waals surface area contributed by atoms with E-state index >= 15 is 0 Å². The number of hydrogen-bond acceptors (Lipinski definition) is 2. The van der Waals surface area contributed by atoms with Crippen LogP contribution in [-0.4, -0.2) is 29.8 Å². The Balaban J connectivity index is 1.60. The monoisotopic (exact) mass is 432 g/mol. The second-order valence-electron chi connectivity index (χ2n) is 6.91. The van der Waals surface area contributed by atoms with Gasteiger partial charge in [0.15, 0.2) is 0 Å². The highest BCUT2D eigenvalue weighted by Crippen LogP contribution is 2.21. The number of carbonyl (C=O) groups is 2. The van der Waals surface area contributed by atoms with E-state index in [-0.39, 0.29) is 30.1 Å². The minimum atomic E-state index is -0.338. The fraction of sp³-hybridized carbons (Fsp3) is 0.333. The number of hydrogen-bond donors (Lipinski definition) is 1. The van der Waals surface area contributed by atoms with E-state index in [1.807, 2.05) is 31.2 Å². The van der Waals surface area contributed by atoms with Crippen LogP contribution in [0.3, 0.4) is 0 Å². The Kier molecular flexibility index (Phi) is 6.26. The summed E-state index contributed by atoms with van der Waals surface area (Å²) in [6.07, 6.45) is 1.53. The van der Waals surface area contributed by atoms with Gasteiger partial charge in [-0.3, -0.25) is 9.59 Å². The molecule has 0 aromatic heterocycles. The number of aryl methyl sites for hydroxylation is 1. The summed E-state index contributed by atoms with van der Waals surface area (Å²) in [4.78, 5) is 27.0. The molecule has 0 spiro atoms. The highest BCUT2D eigenvalue weighted by molar-refractivity contribution is 9.10. The van der Waals surface area contributed by atoms with Crippen LogP contribution in [0.1, 0.15) is 34.3 Å². The molecule has 1 heterocycles. The first-order valence-electron chi connectivity index (χ1n) is 9.01. The number of amides is 2. The van der Waals surface area contributed by atoms with Crippen LogP contribution >= 0.6 is 15.9 Å². The third-order valence-electron chi connectivity index (χ3n) is 4.84. The van der Waals surface area contributed by atoms with E-state index in [1.165, 1.54) is 12.1 Å². The molecule has 1 fully saturated rings. The Morgan fingerprint density at radius 3 is 2.70 bits per heavy atom. The van der Waals surface area contributed by atoms with Crippen LogP contribution in [-0.2, 0) is 11.3 Å². The van der Waals surface area contributed by atoms with Crippen LogP contribution in [0.4, 0.5) is 4.39 Å². The largest absolute Gasteiger partial charge is 0.352 e. The third-order valence-corrected chi connectivity index (χ3v) is 5.61. The Morgan fingerprint density at radius 2 is 1.96 bits per heavy atom. The van der Waals surface area contributed by atoms with Crippen LogP contribution in [0.5, 0.6) is 0 Å². The quantitative estimate of drug-likeness (QED) is 0.791. The zero-order chi connectivity index (χ0) is 19.4. The van der Waals surface area contributed by atoms with Gasteiger partial charge >= 0.3 is 0 Å². The minimum absolute atomic E-state index is 0.0413. The topological polar surface area (TPSA) is 49.4 Å².